The average molecular weight is 383 g/mol. The minimum Gasteiger partial charge on any atom is -0.454 e. The van der Waals surface area contributed by atoms with Crippen LogP contribution in [0.25, 0.3) is 0 Å². The first-order valence-electron chi connectivity index (χ1n) is 8.80. The topological polar surface area (TPSA) is 65.1 Å². The van der Waals surface area contributed by atoms with Gasteiger partial charge in [-0.15, -0.1) is 11.8 Å². The molecule has 2 aromatic carbocycles. The Morgan fingerprint density at radius 1 is 1.15 bits per heavy atom. The number of carbonyl (C=O) groups is 2. The van der Waals surface area contributed by atoms with Gasteiger partial charge in [0, 0.05) is 18.2 Å². The second-order valence-electron chi connectivity index (χ2n) is 6.68. The molecular weight excluding hydrogens is 366 g/mol. The third-order valence-electron chi connectivity index (χ3n) is 5.19. The van der Waals surface area contributed by atoms with Gasteiger partial charge in [-0.1, -0.05) is 30.3 Å². The predicted octanol–water partition coefficient (Wildman–Crippen LogP) is 2.91. The molecule has 0 unspecified atom stereocenters. The monoisotopic (exact) mass is 383 g/mol. The van der Waals surface area contributed by atoms with Crippen molar-refractivity contribution in [1.29, 1.82) is 0 Å². The number of esters is 1. The minimum absolute atomic E-state index is 0.00325. The summed E-state index contributed by atoms with van der Waals surface area (Å²) in [6.45, 7) is 0.161. The Bertz CT molecular complexity index is 918. The lowest BCUT2D eigenvalue weighted by molar-refractivity contribution is -0.146. The molecule has 2 saturated heterocycles. The van der Waals surface area contributed by atoms with E-state index in [0.29, 0.717) is 35.8 Å². The third-order valence-corrected chi connectivity index (χ3v) is 6.78. The molecule has 7 heteroatoms. The Kier molecular flexibility index (Phi) is 3.79. The Morgan fingerprint density at radius 3 is 2.81 bits per heavy atom. The zero-order valence-corrected chi connectivity index (χ0v) is 15.2. The van der Waals surface area contributed by atoms with Gasteiger partial charge in [0.2, 0.25) is 12.7 Å². The summed E-state index contributed by atoms with van der Waals surface area (Å²) >= 11 is 1.64. The molecule has 3 aliphatic heterocycles. The van der Waals surface area contributed by atoms with Crippen molar-refractivity contribution in [3.63, 3.8) is 0 Å². The number of fused-ring (bicyclic) bond motifs is 2. The smallest absolute Gasteiger partial charge is 0.335 e. The number of rotatable bonds is 3. The summed E-state index contributed by atoms with van der Waals surface area (Å²) in [4.78, 5) is 26.7. The molecule has 1 amide bonds. The summed E-state index contributed by atoms with van der Waals surface area (Å²) in [5, 5.41) is 0. The maximum Gasteiger partial charge on any atom is 0.335 e. The number of benzene rings is 2. The lowest BCUT2D eigenvalue weighted by Gasteiger charge is -2.33. The van der Waals surface area contributed by atoms with E-state index in [9.17, 15) is 9.59 Å². The fraction of sp³-hybridized carbons (Fsp3) is 0.300. The predicted molar refractivity (Wildman–Crippen MR) is 98.6 cm³/mol. The van der Waals surface area contributed by atoms with Gasteiger partial charge in [-0.3, -0.25) is 4.79 Å². The quantitative estimate of drug-likeness (QED) is 0.600. The number of hydrogen-bond donors (Lipinski definition) is 0. The van der Waals surface area contributed by atoms with Crippen LogP contribution in [0.2, 0.25) is 0 Å². The fourth-order valence-electron chi connectivity index (χ4n) is 3.94. The van der Waals surface area contributed by atoms with Crippen LogP contribution in [0, 0.1) is 0 Å². The summed E-state index contributed by atoms with van der Waals surface area (Å²) in [5.74, 6) is 1.66. The molecule has 3 heterocycles. The summed E-state index contributed by atoms with van der Waals surface area (Å²) in [7, 11) is 0. The van der Waals surface area contributed by atoms with Crippen LogP contribution in [0.1, 0.15) is 18.4 Å². The highest BCUT2D eigenvalue weighted by Gasteiger charge is 2.57. The van der Waals surface area contributed by atoms with Crippen molar-refractivity contribution in [3.8, 4) is 17.2 Å². The van der Waals surface area contributed by atoms with E-state index in [-0.39, 0.29) is 12.7 Å². The van der Waals surface area contributed by atoms with Gasteiger partial charge in [-0.05, 0) is 24.1 Å². The highest BCUT2D eigenvalue weighted by Crippen LogP contribution is 2.54. The molecule has 6 nitrogen and oxygen atoms in total. The summed E-state index contributed by atoms with van der Waals surface area (Å²) in [6, 6.07) is 14.3. The lowest BCUT2D eigenvalue weighted by atomic mass is 10.0. The van der Waals surface area contributed by atoms with Crippen molar-refractivity contribution in [2.45, 2.75) is 23.8 Å². The maximum absolute atomic E-state index is 12.9. The third kappa shape index (κ3) is 2.56. The molecule has 0 bridgehead atoms. The Morgan fingerprint density at radius 2 is 1.96 bits per heavy atom. The highest BCUT2D eigenvalue weighted by molar-refractivity contribution is 8.00. The van der Waals surface area contributed by atoms with Gasteiger partial charge < -0.3 is 19.1 Å². The van der Waals surface area contributed by atoms with Crippen molar-refractivity contribution in [3.05, 3.63) is 54.1 Å². The van der Waals surface area contributed by atoms with E-state index in [1.807, 2.05) is 30.3 Å². The normalized spacial score (nSPS) is 25.6. The number of ether oxygens (including phenoxy) is 3. The molecule has 0 N–H and O–H groups in total. The van der Waals surface area contributed by atoms with Crippen LogP contribution in [0.5, 0.6) is 17.2 Å². The number of thioether (sulfide) groups is 1. The first-order chi connectivity index (χ1) is 13.2. The molecular formula is C20H17NO5S. The molecule has 2 fully saturated rings. The molecule has 0 radical (unpaired) electrons. The van der Waals surface area contributed by atoms with Crippen molar-refractivity contribution < 1.29 is 23.8 Å². The summed E-state index contributed by atoms with van der Waals surface area (Å²) < 4.78 is 16.2. The van der Waals surface area contributed by atoms with Crippen LogP contribution in [-0.2, 0) is 14.5 Å². The van der Waals surface area contributed by atoms with Crippen molar-refractivity contribution in [2.75, 3.05) is 12.5 Å². The number of amides is 1. The van der Waals surface area contributed by atoms with Crippen LogP contribution >= 0.6 is 11.8 Å². The molecule has 0 spiro atoms. The molecule has 0 aromatic heterocycles. The van der Waals surface area contributed by atoms with E-state index in [1.54, 1.807) is 34.9 Å². The zero-order valence-electron chi connectivity index (χ0n) is 14.4. The molecule has 138 valence electrons. The Hall–Kier alpha value is -2.67. The first-order valence-corrected chi connectivity index (χ1v) is 9.79. The van der Waals surface area contributed by atoms with E-state index in [1.165, 1.54) is 0 Å². The van der Waals surface area contributed by atoms with E-state index in [0.717, 1.165) is 5.56 Å². The number of nitrogens with zero attached hydrogens (tertiary/aromatic N) is 1. The van der Waals surface area contributed by atoms with Gasteiger partial charge in [-0.25, -0.2) is 4.79 Å². The van der Waals surface area contributed by atoms with Gasteiger partial charge >= 0.3 is 5.97 Å². The van der Waals surface area contributed by atoms with Crippen molar-refractivity contribution in [2.24, 2.45) is 0 Å². The van der Waals surface area contributed by atoms with Gasteiger partial charge in [0.15, 0.2) is 11.5 Å². The van der Waals surface area contributed by atoms with Crippen molar-refractivity contribution in [1.82, 2.24) is 4.90 Å². The fourth-order valence-corrected chi connectivity index (χ4v) is 5.58. The van der Waals surface area contributed by atoms with Crippen LogP contribution < -0.4 is 14.2 Å². The van der Waals surface area contributed by atoms with E-state index in [2.05, 4.69) is 0 Å². The second kappa shape index (κ2) is 6.20. The van der Waals surface area contributed by atoms with Crippen LogP contribution in [0.4, 0.5) is 0 Å². The van der Waals surface area contributed by atoms with E-state index in [4.69, 9.17) is 14.2 Å². The minimum atomic E-state index is -0.601. The zero-order chi connectivity index (χ0) is 18.4. The van der Waals surface area contributed by atoms with E-state index >= 15 is 0 Å². The number of hydrogen-bond acceptors (Lipinski definition) is 6. The SMILES string of the molecule is O=C(Oc1ccc2c(c1)OCO2)[C@H]1CS[C@@]2(c3ccccc3)CCC(=O)N12. The standard InChI is InChI=1S/C20H17NO5S/c22-18-8-9-20(13-4-2-1-3-5-13)21(18)15(11-27-20)19(23)26-14-6-7-16-17(10-14)25-12-24-16/h1-7,10,15H,8-9,11-12H2/t15-,20-/m1/s1. The van der Waals surface area contributed by atoms with Crippen LogP contribution in [0.3, 0.4) is 0 Å². The summed E-state index contributed by atoms with van der Waals surface area (Å²) in [6.07, 6.45) is 1.14. The molecule has 2 atom stereocenters. The van der Waals surface area contributed by atoms with Crippen molar-refractivity contribution >= 4 is 23.6 Å². The highest BCUT2D eigenvalue weighted by atomic mass is 32.2. The molecule has 5 rings (SSSR count). The molecule has 3 aliphatic rings. The van der Waals surface area contributed by atoms with Gasteiger partial charge in [-0.2, -0.15) is 0 Å². The molecule has 27 heavy (non-hydrogen) atoms. The molecule has 0 saturated carbocycles. The second-order valence-corrected chi connectivity index (χ2v) is 7.97. The van der Waals surface area contributed by atoms with E-state index < -0.39 is 16.9 Å². The summed E-state index contributed by atoms with van der Waals surface area (Å²) in [5.41, 5.74) is 1.05. The molecule has 2 aromatic rings. The Balaban J connectivity index is 1.41. The van der Waals surface area contributed by atoms with Crippen LogP contribution in [0.15, 0.2) is 48.5 Å². The van der Waals surface area contributed by atoms with Gasteiger partial charge in [0.05, 0.1) is 0 Å². The maximum atomic E-state index is 12.9. The van der Waals surface area contributed by atoms with Gasteiger partial charge in [0.1, 0.15) is 16.7 Å². The lowest BCUT2D eigenvalue weighted by Crippen LogP contribution is -2.47. The van der Waals surface area contributed by atoms with Gasteiger partial charge in [0.25, 0.3) is 0 Å². The Labute approximate surface area is 160 Å². The largest absolute Gasteiger partial charge is 0.454 e. The average Bonchev–Trinajstić information content (AvgIpc) is 3.38. The van der Waals surface area contributed by atoms with Crippen LogP contribution in [-0.4, -0.2) is 35.4 Å². The molecule has 0 aliphatic carbocycles. The number of carbonyl (C=O) groups excluding carboxylic acids is 2. The first kappa shape index (κ1) is 16.5.